The topological polar surface area (TPSA) is 39.1 Å². The van der Waals surface area contributed by atoms with E-state index in [2.05, 4.69) is 22.5 Å². The molecule has 1 unspecified atom stereocenters. The summed E-state index contributed by atoms with van der Waals surface area (Å²) in [4.78, 5) is 0. The molecule has 20 heavy (non-hydrogen) atoms. The van der Waals surface area contributed by atoms with Gasteiger partial charge in [0.05, 0.1) is 13.3 Å². The van der Waals surface area contributed by atoms with Gasteiger partial charge >= 0.3 is 0 Å². The molecule has 0 saturated carbocycles. The van der Waals surface area contributed by atoms with Crippen molar-refractivity contribution in [2.45, 2.75) is 31.8 Å². The van der Waals surface area contributed by atoms with Crippen LogP contribution in [0.3, 0.4) is 0 Å². The Morgan fingerprint density at radius 3 is 3.20 bits per heavy atom. The number of rotatable bonds is 4. The molecule has 1 aliphatic rings. The van der Waals surface area contributed by atoms with E-state index in [0.29, 0.717) is 6.04 Å². The van der Waals surface area contributed by atoms with E-state index >= 15 is 0 Å². The monoisotopic (exact) mass is 271 g/mol. The summed E-state index contributed by atoms with van der Waals surface area (Å²) in [5, 5.41) is 8.04. The number of nitrogens with one attached hydrogen (secondary N) is 1. The van der Waals surface area contributed by atoms with Crippen LogP contribution >= 0.6 is 0 Å². The largest absolute Gasteiger partial charge is 0.497 e. The molecule has 2 aromatic rings. The van der Waals surface area contributed by atoms with Crippen molar-refractivity contribution in [3.05, 3.63) is 47.3 Å². The molecule has 1 atom stereocenters. The van der Waals surface area contributed by atoms with E-state index < -0.39 is 0 Å². The molecule has 1 N–H and O–H groups in total. The fourth-order valence-corrected chi connectivity index (χ4v) is 2.94. The number of aryl methyl sites for hydroxylation is 1. The average Bonchev–Trinajstić information content (AvgIpc) is 2.88. The van der Waals surface area contributed by atoms with E-state index in [-0.39, 0.29) is 0 Å². The smallest absolute Gasteiger partial charge is 0.119 e. The zero-order valence-electron chi connectivity index (χ0n) is 12.1. The highest BCUT2D eigenvalue weighted by atomic mass is 16.5. The van der Waals surface area contributed by atoms with Gasteiger partial charge in [0, 0.05) is 30.9 Å². The highest BCUT2D eigenvalue weighted by Gasteiger charge is 2.22. The van der Waals surface area contributed by atoms with Gasteiger partial charge in [-0.2, -0.15) is 5.10 Å². The first-order valence-corrected chi connectivity index (χ1v) is 7.15. The maximum atomic E-state index is 5.27. The van der Waals surface area contributed by atoms with Crippen LogP contribution in [0.5, 0.6) is 5.75 Å². The van der Waals surface area contributed by atoms with Crippen LogP contribution in [0.2, 0.25) is 0 Å². The van der Waals surface area contributed by atoms with Crippen molar-refractivity contribution >= 4 is 0 Å². The molecular formula is C16H21N3O. The number of hydrogen-bond acceptors (Lipinski definition) is 3. The second-order valence-corrected chi connectivity index (χ2v) is 5.35. The van der Waals surface area contributed by atoms with Crippen molar-refractivity contribution in [3.8, 4) is 5.75 Å². The summed E-state index contributed by atoms with van der Waals surface area (Å²) < 4.78 is 7.27. The SMILES string of the molecule is COc1cccc(CNC2CCCc3c2cnn3C)c1. The lowest BCUT2D eigenvalue weighted by molar-refractivity contribution is 0.413. The van der Waals surface area contributed by atoms with Gasteiger partial charge in [0.15, 0.2) is 0 Å². The predicted octanol–water partition coefficient (Wildman–Crippen LogP) is 2.60. The van der Waals surface area contributed by atoms with Crippen molar-refractivity contribution in [1.29, 1.82) is 0 Å². The Hall–Kier alpha value is -1.81. The second kappa shape index (κ2) is 5.67. The number of methoxy groups -OCH3 is 1. The molecule has 0 aliphatic heterocycles. The molecule has 4 nitrogen and oxygen atoms in total. The first-order valence-electron chi connectivity index (χ1n) is 7.15. The van der Waals surface area contributed by atoms with Crippen LogP contribution in [0.15, 0.2) is 30.5 Å². The Bertz CT molecular complexity index is 591. The van der Waals surface area contributed by atoms with Crippen LogP contribution in [0.1, 0.15) is 35.7 Å². The summed E-state index contributed by atoms with van der Waals surface area (Å²) in [6.45, 7) is 0.857. The molecule has 0 fully saturated rings. The van der Waals surface area contributed by atoms with Crippen molar-refractivity contribution in [3.63, 3.8) is 0 Å². The maximum absolute atomic E-state index is 5.27. The molecule has 0 bridgehead atoms. The molecule has 106 valence electrons. The number of fused-ring (bicyclic) bond motifs is 1. The summed E-state index contributed by atoms with van der Waals surface area (Å²) in [5.41, 5.74) is 3.99. The number of nitrogens with zero attached hydrogens (tertiary/aromatic N) is 2. The van der Waals surface area contributed by atoms with E-state index in [1.807, 2.05) is 30.1 Å². The van der Waals surface area contributed by atoms with Crippen molar-refractivity contribution in [1.82, 2.24) is 15.1 Å². The molecule has 0 spiro atoms. The lowest BCUT2D eigenvalue weighted by Gasteiger charge is -2.24. The third-order valence-electron chi connectivity index (χ3n) is 4.06. The van der Waals surface area contributed by atoms with Crippen LogP contribution < -0.4 is 10.1 Å². The molecule has 1 aromatic carbocycles. The minimum atomic E-state index is 0.415. The Labute approximate surface area is 119 Å². The highest BCUT2D eigenvalue weighted by Crippen LogP contribution is 2.29. The third kappa shape index (κ3) is 2.56. The van der Waals surface area contributed by atoms with E-state index in [0.717, 1.165) is 18.7 Å². The summed E-state index contributed by atoms with van der Waals surface area (Å²) in [5.74, 6) is 0.912. The van der Waals surface area contributed by atoms with Crippen LogP contribution in [0.25, 0.3) is 0 Å². The molecule has 0 radical (unpaired) electrons. The molecular weight excluding hydrogens is 250 g/mol. The Balaban J connectivity index is 1.70. The molecule has 1 heterocycles. The van der Waals surface area contributed by atoms with Gasteiger partial charge in [-0.3, -0.25) is 4.68 Å². The highest BCUT2D eigenvalue weighted by molar-refractivity contribution is 5.29. The standard InChI is InChI=1S/C16H21N3O/c1-19-16-8-4-7-15(14(16)11-18-19)17-10-12-5-3-6-13(9-12)20-2/h3,5-6,9,11,15,17H,4,7-8,10H2,1-2H3. The van der Waals surface area contributed by atoms with Gasteiger partial charge in [0.2, 0.25) is 0 Å². The summed E-state index contributed by atoms with van der Waals surface area (Å²) in [7, 11) is 3.73. The second-order valence-electron chi connectivity index (χ2n) is 5.35. The van der Waals surface area contributed by atoms with Crippen molar-refractivity contribution in [2.24, 2.45) is 7.05 Å². The third-order valence-corrected chi connectivity index (χ3v) is 4.06. The van der Waals surface area contributed by atoms with E-state index in [1.54, 1.807) is 7.11 Å². The van der Waals surface area contributed by atoms with E-state index in [9.17, 15) is 0 Å². The van der Waals surface area contributed by atoms with Gasteiger partial charge in [-0.05, 0) is 37.0 Å². The number of aromatic nitrogens is 2. The average molecular weight is 271 g/mol. The maximum Gasteiger partial charge on any atom is 0.119 e. The Morgan fingerprint density at radius 1 is 1.45 bits per heavy atom. The summed E-state index contributed by atoms with van der Waals surface area (Å²) in [6, 6.07) is 8.64. The predicted molar refractivity (Wildman–Crippen MR) is 78.7 cm³/mol. The summed E-state index contributed by atoms with van der Waals surface area (Å²) >= 11 is 0. The quantitative estimate of drug-likeness (QED) is 0.929. The van der Waals surface area contributed by atoms with E-state index in [4.69, 9.17) is 4.74 Å². The van der Waals surface area contributed by atoms with Crippen LogP contribution in [-0.4, -0.2) is 16.9 Å². The first kappa shape index (κ1) is 13.2. The van der Waals surface area contributed by atoms with Gasteiger partial charge in [-0.1, -0.05) is 12.1 Å². The fourth-order valence-electron chi connectivity index (χ4n) is 2.94. The van der Waals surface area contributed by atoms with Crippen molar-refractivity contribution in [2.75, 3.05) is 7.11 Å². The van der Waals surface area contributed by atoms with Crippen LogP contribution in [0, 0.1) is 0 Å². The first-order chi connectivity index (χ1) is 9.78. The normalized spacial score (nSPS) is 17.8. The zero-order valence-corrected chi connectivity index (χ0v) is 12.1. The van der Waals surface area contributed by atoms with Crippen molar-refractivity contribution < 1.29 is 4.74 Å². The minimum Gasteiger partial charge on any atom is -0.497 e. The Kier molecular flexibility index (Phi) is 3.74. The number of benzene rings is 1. The molecule has 3 rings (SSSR count). The fraction of sp³-hybridized carbons (Fsp3) is 0.438. The molecule has 0 saturated heterocycles. The minimum absolute atomic E-state index is 0.415. The lowest BCUT2D eigenvalue weighted by atomic mass is 9.93. The molecule has 1 aliphatic carbocycles. The lowest BCUT2D eigenvalue weighted by Crippen LogP contribution is -2.24. The van der Waals surface area contributed by atoms with Gasteiger partial charge in [0.25, 0.3) is 0 Å². The van der Waals surface area contributed by atoms with Gasteiger partial charge < -0.3 is 10.1 Å². The van der Waals surface area contributed by atoms with Gasteiger partial charge in [0.1, 0.15) is 5.75 Å². The van der Waals surface area contributed by atoms with E-state index in [1.165, 1.54) is 29.7 Å². The zero-order chi connectivity index (χ0) is 13.9. The Morgan fingerprint density at radius 2 is 2.35 bits per heavy atom. The van der Waals surface area contributed by atoms with Crippen LogP contribution in [0.4, 0.5) is 0 Å². The molecule has 1 aromatic heterocycles. The van der Waals surface area contributed by atoms with Crippen LogP contribution in [-0.2, 0) is 20.0 Å². The number of ether oxygens (including phenoxy) is 1. The summed E-state index contributed by atoms with van der Waals surface area (Å²) in [6.07, 6.45) is 5.56. The van der Waals surface area contributed by atoms with Gasteiger partial charge in [-0.15, -0.1) is 0 Å². The molecule has 0 amide bonds. The number of hydrogen-bond donors (Lipinski definition) is 1. The molecule has 4 heteroatoms. The van der Waals surface area contributed by atoms with Gasteiger partial charge in [-0.25, -0.2) is 0 Å².